The number of halogens is 2. The number of hydrogen-bond donors (Lipinski definition) is 2. The summed E-state index contributed by atoms with van der Waals surface area (Å²) in [5.41, 5.74) is 2.27. The van der Waals surface area contributed by atoms with Gasteiger partial charge in [0.2, 0.25) is 0 Å². The van der Waals surface area contributed by atoms with E-state index in [1.54, 1.807) is 18.4 Å². The minimum Gasteiger partial charge on any atom is -0.356 e. The van der Waals surface area contributed by atoms with Crippen molar-refractivity contribution in [3.05, 3.63) is 48.8 Å². The van der Waals surface area contributed by atoms with E-state index < -0.39 is 0 Å². The minimum absolute atomic E-state index is 0.680. The number of thiazole rings is 1. The zero-order chi connectivity index (χ0) is 16.8. The van der Waals surface area contributed by atoms with Crippen molar-refractivity contribution in [1.29, 1.82) is 0 Å². The first kappa shape index (κ1) is 18.2. The van der Waals surface area contributed by atoms with Crippen LogP contribution in [0.1, 0.15) is 21.1 Å². The molecular formula is C16H20BrClN4S. The maximum atomic E-state index is 6.03. The monoisotopic (exact) mass is 414 g/mol. The Labute approximate surface area is 154 Å². The number of aromatic nitrogens is 1. The van der Waals surface area contributed by atoms with Crippen LogP contribution in [0.15, 0.2) is 27.7 Å². The Morgan fingerprint density at radius 1 is 1.35 bits per heavy atom. The highest BCUT2D eigenvalue weighted by atomic mass is 79.9. The van der Waals surface area contributed by atoms with Gasteiger partial charge in [-0.1, -0.05) is 27.5 Å². The van der Waals surface area contributed by atoms with Crippen LogP contribution in [0.5, 0.6) is 0 Å². The van der Waals surface area contributed by atoms with Gasteiger partial charge in [-0.25, -0.2) is 4.98 Å². The van der Waals surface area contributed by atoms with Gasteiger partial charge in [-0.2, -0.15) is 0 Å². The zero-order valence-corrected chi connectivity index (χ0v) is 16.6. The Morgan fingerprint density at radius 3 is 2.78 bits per heavy atom. The number of aryl methyl sites for hydroxylation is 2. The van der Waals surface area contributed by atoms with E-state index in [4.69, 9.17) is 11.6 Å². The van der Waals surface area contributed by atoms with Crippen LogP contribution < -0.4 is 10.6 Å². The molecule has 2 aromatic rings. The van der Waals surface area contributed by atoms with E-state index >= 15 is 0 Å². The van der Waals surface area contributed by atoms with Crippen LogP contribution in [0.4, 0.5) is 0 Å². The van der Waals surface area contributed by atoms with E-state index in [2.05, 4.69) is 43.5 Å². The number of guanidine groups is 1. The van der Waals surface area contributed by atoms with E-state index in [-0.39, 0.29) is 0 Å². The summed E-state index contributed by atoms with van der Waals surface area (Å²) in [5, 5.41) is 8.42. The van der Waals surface area contributed by atoms with Gasteiger partial charge in [-0.3, -0.25) is 4.99 Å². The predicted octanol–water partition coefficient (Wildman–Crippen LogP) is 4.08. The number of aliphatic imine (C=N–C) groups is 1. The molecule has 0 bridgehead atoms. The van der Waals surface area contributed by atoms with Crippen LogP contribution in [0.3, 0.4) is 0 Å². The molecule has 0 spiro atoms. The molecule has 2 N–H and O–H groups in total. The molecule has 0 atom stereocenters. The van der Waals surface area contributed by atoms with Crippen LogP contribution in [0.2, 0.25) is 5.02 Å². The molecule has 0 saturated carbocycles. The van der Waals surface area contributed by atoms with Crippen molar-refractivity contribution >= 4 is 44.8 Å². The molecule has 4 nitrogen and oxygen atoms in total. The fourth-order valence-corrected chi connectivity index (χ4v) is 3.56. The third-order valence-corrected chi connectivity index (χ3v) is 5.48. The SMILES string of the molecule is CN=C(NCCc1cc(Cl)ccc1Br)NCc1nc(C)c(C)s1. The van der Waals surface area contributed by atoms with Gasteiger partial charge in [-0.15, -0.1) is 11.3 Å². The summed E-state index contributed by atoms with van der Waals surface area (Å²) in [6.45, 7) is 5.58. The Morgan fingerprint density at radius 2 is 2.13 bits per heavy atom. The maximum absolute atomic E-state index is 6.03. The lowest BCUT2D eigenvalue weighted by atomic mass is 10.1. The maximum Gasteiger partial charge on any atom is 0.191 e. The lowest BCUT2D eigenvalue weighted by molar-refractivity contribution is 0.789. The number of nitrogens with zero attached hydrogens (tertiary/aromatic N) is 2. The summed E-state index contributed by atoms with van der Waals surface area (Å²) in [6, 6.07) is 5.82. The van der Waals surface area contributed by atoms with Crippen LogP contribution in [0, 0.1) is 13.8 Å². The minimum atomic E-state index is 0.680. The van der Waals surface area contributed by atoms with Gasteiger partial charge in [0.25, 0.3) is 0 Å². The summed E-state index contributed by atoms with van der Waals surface area (Å²) < 4.78 is 1.07. The Kier molecular flexibility index (Phi) is 6.87. The Hall–Kier alpha value is -1.11. The van der Waals surface area contributed by atoms with Crippen molar-refractivity contribution in [3.63, 3.8) is 0 Å². The highest BCUT2D eigenvalue weighted by Gasteiger charge is 2.05. The lowest BCUT2D eigenvalue weighted by Gasteiger charge is -2.11. The molecule has 0 aliphatic heterocycles. The Bertz CT molecular complexity index is 680. The van der Waals surface area contributed by atoms with E-state index in [9.17, 15) is 0 Å². The number of hydrogen-bond acceptors (Lipinski definition) is 3. The molecule has 0 aliphatic rings. The van der Waals surface area contributed by atoms with Gasteiger partial charge < -0.3 is 10.6 Å². The fourth-order valence-electron chi connectivity index (χ4n) is 2.05. The smallest absolute Gasteiger partial charge is 0.191 e. The quantitative estimate of drug-likeness (QED) is 0.571. The standard InChI is InChI=1S/C16H20BrClN4S/c1-10-11(2)23-15(22-10)9-21-16(19-3)20-7-6-12-8-13(18)4-5-14(12)17/h4-5,8H,6-7,9H2,1-3H3,(H2,19,20,21). The molecule has 1 heterocycles. The molecule has 23 heavy (non-hydrogen) atoms. The summed E-state index contributed by atoms with van der Waals surface area (Å²) in [5.74, 6) is 0.772. The van der Waals surface area contributed by atoms with E-state index in [0.717, 1.165) is 39.1 Å². The van der Waals surface area contributed by atoms with Gasteiger partial charge in [-0.05, 0) is 44.0 Å². The molecular weight excluding hydrogens is 396 g/mol. The van der Waals surface area contributed by atoms with Gasteiger partial charge >= 0.3 is 0 Å². The molecule has 0 fully saturated rings. The number of benzene rings is 1. The van der Waals surface area contributed by atoms with Crippen molar-refractivity contribution < 1.29 is 0 Å². The second-order valence-corrected chi connectivity index (χ2v) is 7.67. The topological polar surface area (TPSA) is 49.3 Å². The predicted molar refractivity (Wildman–Crippen MR) is 103 cm³/mol. The lowest BCUT2D eigenvalue weighted by Crippen LogP contribution is -2.37. The molecule has 2 rings (SSSR count). The van der Waals surface area contributed by atoms with E-state index in [1.807, 2.05) is 25.1 Å². The van der Waals surface area contributed by atoms with Crippen LogP contribution in [0.25, 0.3) is 0 Å². The molecule has 0 unspecified atom stereocenters. The molecule has 1 aromatic heterocycles. The second-order valence-electron chi connectivity index (χ2n) is 5.09. The van der Waals surface area contributed by atoms with Crippen molar-refractivity contribution in [1.82, 2.24) is 15.6 Å². The van der Waals surface area contributed by atoms with Gasteiger partial charge in [0.15, 0.2) is 5.96 Å². The first-order valence-corrected chi connectivity index (χ1v) is 9.29. The largest absolute Gasteiger partial charge is 0.356 e. The molecule has 0 aliphatic carbocycles. The highest BCUT2D eigenvalue weighted by Crippen LogP contribution is 2.21. The van der Waals surface area contributed by atoms with Crippen molar-refractivity contribution in [2.24, 2.45) is 4.99 Å². The molecule has 0 amide bonds. The first-order chi connectivity index (χ1) is 11.0. The number of nitrogens with one attached hydrogen (secondary N) is 2. The van der Waals surface area contributed by atoms with Crippen LogP contribution >= 0.6 is 38.9 Å². The zero-order valence-electron chi connectivity index (χ0n) is 13.4. The van der Waals surface area contributed by atoms with Crippen molar-refractivity contribution in [2.75, 3.05) is 13.6 Å². The van der Waals surface area contributed by atoms with Gasteiger partial charge in [0.05, 0.1) is 12.2 Å². The van der Waals surface area contributed by atoms with Crippen LogP contribution in [-0.2, 0) is 13.0 Å². The summed E-state index contributed by atoms with van der Waals surface area (Å²) in [6.07, 6.45) is 0.858. The van der Waals surface area contributed by atoms with Crippen molar-refractivity contribution in [3.8, 4) is 0 Å². The van der Waals surface area contributed by atoms with E-state index in [0.29, 0.717) is 6.54 Å². The summed E-state index contributed by atoms with van der Waals surface area (Å²) in [7, 11) is 1.77. The molecule has 1 aromatic carbocycles. The van der Waals surface area contributed by atoms with Gasteiger partial charge in [0.1, 0.15) is 5.01 Å². The molecule has 0 radical (unpaired) electrons. The van der Waals surface area contributed by atoms with Gasteiger partial charge in [0, 0.05) is 28.0 Å². The third kappa shape index (κ3) is 5.48. The third-order valence-electron chi connectivity index (χ3n) is 3.40. The summed E-state index contributed by atoms with van der Waals surface area (Å²) >= 11 is 11.3. The second kappa shape index (κ2) is 8.66. The molecule has 0 saturated heterocycles. The normalized spacial score (nSPS) is 11.6. The van der Waals surface area contributed by atoms with Crippen LogP contribution in [-0.4, -0.2) is 24.5 Å². The highest BCUT2D eigenvalue weighted by molar-refractivity contribution is 9.10. The average molecular weight is 416 g/mol. The molecule has 124 valence electrons. The Balaban J connectivity index is 1.82. The fraction of sp³-hybridized carbons (Fsp3) is 0.375. The molecule has 7 heteroatoms. The van der Waals surface area contributed by atoms with Crippen molar-refractivity contribution in [2.45, 2.75) is 26.8 Å². The first-order valence-electron chi connectivity index (χ1n) is 7.31. The number of rotatable bonds is 5. The summed E-state index contributed by atoms with van der Waals surface area (Å²) in [4.78, 5) is 10.0. The van der Waals surface area contributed by atoms with E-state index in [1.165, 1.54) is 10.4 Å². The average Bonchev–Trinajstić information content (AvgIpc) is 2.84.